The van der Waals surface area contributed by atoms with Crippen LogP contribution >= 0.6 is 29.1 Å². The second kappa shape index (κ2) is 29.3. The molecule has 0 aliphatic carbocycles. The Morgan fingerprint density at radius 2 is 0.700 bits per heavy atom. The van der Waals surface area contributed by atoms with Crippen LogP contribution in [0.25, 0.3) is 0 Å². The van der Waals surface area contributed by atoms with Crippen molar-refractivity contribution in [3.05, 3.63) is 0 Å². The molecule has 0 spiro atoms. The molecule has 0 saturated carbocycles. The molecule has 0 bridgehead atoms. The van der Waals surface area contributed by atoms with E-state index in [1.165, 1.54) is 37.0 Å². The number of rotatable bonds is 6. The minimum absolute atomic E-state index is 0.120. The van der Waals surface area contributed by atoms with Gasteiger partial charge in [0.2, 0.25) is 0 Å². The Kier molecular flexibility index (Phi) is 44.2. The van der Waals surface area contributed by atoms with Crippen molar-refractivity contribution in [2.45, 2.75) is 61.2 Å². The molecular formula is C15H39BrP2PtSi. The van der Waals surface area contributed by atoms with Crippen molar-refractivity contribution in [2.75, 3.05) is 37.0 Å². The fourth-order valence-electron chi connectivity index (χ4n) is 1.34. The first-order valence-electron chi connectivity index (χ1n) is 7.76. The molecule has 0 aromatic carbocycles. The van der Waals surface area contributed by atoms with Gasteiger partial charge < -0.3 is 0 Å². The Bertz CT molecular complexity index is 107. The van der Waals surface area contributed by atoms with Crippen LogP contribution in [-0.2, 0) is 17.8 Å². The molecule has 130 valence electrons. The summed E-state index contributed by atoms with van der Waals surface area (Å²) < 4.78 is 0. The van der Waals surface area contributed by atoms with E-state index in [1.54, 1.807) is 0 Å². The molecule has 0 atom stereocenters. The van der Waals surface area contributed by atoms with Gasteiger partial charge in [-0.25, -0.2) is 0 Å². The topological polar surface area (TPSA) is 0 Å². The summed E-state index contributed by atoms with van der Waals surface area (Å²) in [5, 5.41) is 0. The third-order valence-electron chi connectivity index (χ3n) is 2.68. The van der Waals surface area contributed by atoms with Gasteiger partial charge in [0.25, 0.3) is 0 Å². The van der Waals surface area contributed by atoms with Gasteiger partial charge in [0.05, 0.1) is 0 Å². The van der Waals surface area contributed by atoms with Crippen molar-refractivity contribution in [1.29, 1.82) is 0 Å². The van der Waals surface area contributed by atoms with Crippen molar-refractivity contribution in [1.82, 2.24) is 0 Å². The molecule has 20 heavy (non-hydrogen) atoms. The van der Waals surface area contributed by atoms with Crippen molar-refractivity contribution < 1.29 is 17.8 Å². The van der Waals surface area contributed by atoms with Gasteiger partial charge >= 0.3 is 31.1 Å². The zero-order valence-corrected chi connectivity index (χ0v) is 22.0. The van der Waals surface area contributed by atoms with E-state index in [0.717, 1.165) is 0 Å². The van der Waals surface area contributed by atoms with Crippen molar-refractivity contribution in [2.24, 2.45) is 0 Å². The van der Waals surface area contributed by atoms with E-state index in [9.17, 15) is 0 Å². The summed E-state index contributed by atoms with van der Waals surface area (Å²) in [5.41, 5.74) is 0. The normalized spacial score (nSPS) is 9.35. The fourth-order valence-corrected chi connectivity index (χ4v) is 4.02. The molecule has 0 amide bonds. The average molecular weight is 584 g/mol. The van der Waals surface area contributed by atoms with Crippen molar-refractivity contribution >= 4 is 37.9 Å². The quantitative estimate of drug-likeness (QED) is 0.228. The van der Waals surface area contributed by atoms with Crippen molar-refractivity contribution in [3.63, 3.8) is 0 Å². The van der Waals surface area contributed by atoms with Crippen LogP contribution in [0.4, 0.5) is 0 Å². The first-order valence-corrected chi connectivity index (χ1v) is 19.5. The molecule has 0 aliphatic heterocycles. The zero-order chi connectivity index (χ0) is 17.0. The Labute approximate surface area is 153 Å². The van der Waals surface area contributed by atoms with Crippen LogP contribution in [0.3, 0.4) is 0 Å². The van der Waals surface area contributed by atoms with Crippen LogP contribution in [0.15, 0.2) is 0 Å². The van der Waals surface area contributed by atoms with Gasteiger partial charge in [0, 0.05) is 8.80 Å². The first-order chi connectivity index (χ1) is 9.42. The molecule has 0 aromatic heterocycles. The Hall–Kier alpha value is 2.25. The molecule has 0 fully saturated rings. The first kappa shape index (κ1) is 30.2. The maximum atomic E-state index is 2.91. The molecule has 0 nitrogen and oxygen atoms in total. The van der Waals surface area contributed by atoms with Gasteiger partial charge in [-0.15, -0.1) is 15.8 Å². The average Bonchev–Trinajstić information content (AvgIpc) is 2.45. The van der Waals surface area contributed by atoms with Crippen LogP contribution < -0.4 is 0 Å². The summed E-state index contributed by atoms with van der Waals surface area (Å²) in [6.07, 6.45) is 8.51. The molecule has 0 aliphatic rings. The standard InChI is InChI=1S/2C6H15P.C3H9Si.BrH.Pt/c2*1-4-7(5-2)6-3;1-4(2)3;;/h2*4-6H2,1-3H3;1-3H3;1H;/q;;;;+1/p-1. The second-order valence-corrected chi connectivity index (χ2v) is 14.2. The summed E-state index contributed by atoms with van der Waals surface area (Å²) >= 11 is 4.86. The number of hydrogen-bond acceptors (Lipinski definition) is 0. The Balaban J connectivity index is -0.0000000933. The Morgan fingerprint density at radius 3 is 0.700 bits per heavy atom. The van der Waals surface area contributed by atoms with E-state index in [1.807, 2.05) is 17.8 Å². The second-order valence-electron chi connectivity index (χ2n) is 4.74. The van der Waals surface area contributed by atoms with E-state index in [4.69, 9.17) is 0 Å². The molecule has 0 aromatic rings. The predicted molar refractivity (Wildman–Crippen MR) is 109 cm³/mol. The van der Waals surface area contributed by atoms with Crippen LogP contribution in [0.1, 0.15) is 41.5 Å². The SMILES string of the molecule is CCP(CC)CC.CCP(CC)CC.C[Si](C)C.[Br][Pt]. The molecule has 0 unspecified atom stereocenters. The van der Waals surface area contributed by atoms with Gasteiger partial charge in [-0.2, -0.15) is 0 Å². The molecule has 5 heteroatoms. The number of halogens is 1. The van der Waals surface area contributed by atoms with E-state index in [-0.39, 0.29) is 8.80 Å². The number of hydrogen-bond donors (Lipinski definition) is 0. The molecule has 0 N–H and O–H groups in total. The molecule has 1 radical (unpaired) electrons. The third kappa shape index (κ3) is 37.0. The molecule has 0 saturated heterocycles. The van der Waals surface area contributed by atoms with Gasteiger partial charge in [-0.05, 0) is 37.0 Å². The van der Waals surface area contributed by atoms with Gasteiger partial charge in [-0.1, -0.05) is 61.2 Å². The summed E-state index contributed by atoms with van der Waals surface area (Å²) in [7, 11) is 1.01. The van der Waals surface area contributed by atoms with Crippen LogP contribution in [0.5, 0.6) is 0 Å². The van der Waals surface area contributed by atoms with Crippen LogP contribution in [0.2, 0.25) is 19.6 Å². The zero-order valence-electron chi connectivity index (χ0n) is 15.3. The maximum absolute atomic E-state index is 2.91. The molecular weight excluding hydrogens is 545 g/mol. The third-order valence-corrected chi connectivity index (χ3v) is 8.05. The summed E-state index contributed by atoms with van der Waals surface area (Å²) in [6, 6.07) is 0. The van der Waals surface area contributed by atoms with Gasteiger partial charge in [-0.3, -0.25) is 0 Å². The van der Waals surface area contributed by atoms with E-state index >= 15 is 0 Å². The monoisotopic (exact) mass is 583 g/mol. The van der Waals surface area contributed by atoms with E-state index in [2.05, 4.69) is 74.5 Å². The predicted octanol–water partition coefficient (Wildman–Crippen LogP) is 7.27. The Morgan fingerprint density at radius 1 is 0.600 bits per heavy atom. The van der Waals surface area contributed by atoms with E-state index in [0.29, 0.717) is 15.8 Å². The van der Waals surface area contributed by atoms with E-state index < -0.39 is 0 Å². The van der Waals surface area contributed by atoms with Crippen LogP contribution in [-0.4, -0.2) is 45.8 Å². The van der Waals surface area contributed by atoms with Crippen LogP contribution in [0, 0.1) is 0 Å². The van der Waals surface area contributed by atoms with Crippen molar-refractivity contribution in [3.8, 4) is 0 Å². The summed E-state index contributed by atoms with van der Waals surface area (Å²) in [4.78, 5) is 0. The van der Waals surface area contributed by atoms with Gasteiger partial charge in [0.1, 0.15) is 0 Å². The van der Waals surface area contributed by atoms with Gasteiger partial charge in [0.15, 0.2) is 0 Å². The summed E-state index contributed by atoms with van der Waals surface area (Å²) in [6.45, 7) is 20.5. The summed E-state index contributed by atoms with van der Waals surface area (Å²) in [5.74, 6) is 0. The molecule has 0 heterocycles. The molecule has 0 rings (SSSR count). The minimum atomic E-state index is 0.120. The fraction of sp³-hybridized carbons (Fsp3) is 1.00.